The maximum Gasteiger partial charge on any atom is 0.264 e. The third kappa shape index (κ3) is 3.24. The standard InChI is InChI=1S/C17H15NO6S/c1-23-12-7-5-6-11(10-12)16-14(19)15(20)17(24-16)18-25(21,22)13-8-3-2-4-9-13/h2-10,18-20H,1H3. The van der Waals surface area contributed by atoms with Crippen LogP contribution >= 0.6 is 0 Å². The van der Waals surface area contributed by atoms with Gasteiger partial charge in [-0.3, -0.25) is 0 Å². The molecule has 3 rings (SSSR count). The largest absolute Gasteiger partial charge is 0.502 e. The van der Waals surface area contributed by atoms with E-state index in [0.717, 1.165) is 0 Å². The van der Waals surface area contributed by atoms with Gasteiger partial charge in [-0.05, 0) is 24.3 Å². The highest BCUT2D eigenvalue weighted by molar-refractivity contribution is 7.92. The molecule has 0 bridgehead atoms. The topological polar surface area (TPSA) is 109 Å². The molecule has 0 unspecified atom stereocenters. The van der Waals surface area contributed by atoms with Crippen LogP contribution < -0.4 is 9.46 Å². The van der Waals surface area contributed by atoms with Crippen molar-refractivity contribution in [2.45, 2.75) is 4.90 Å². The van der Waals surface area contributed by atoms with Crippen LogP contribution in [0.5, 0.6) is 17.2 Å². The Morgan fingerprint density at radius 1 is 1.00 bits per heavy atom. The summed E-state index contributed by atoms with van der Waals surface area (Å²) in [6, 6.07) is 14.2. The molecule has 2 aromatic carbocycles. The van der Waals surface area contributed by atoms with E-state index in [2.05, 4.69) is 4.72 Å². The molecule has 0 aliphatic heterocycles. The predicted molar refractivity (Wildman–Crippen MR) is 91.3 cm³/mol. The lowest BCUT2D eigenvalue weighted by Crippen LogP contribution is -2.12. The number of anilines is 1. The van der Waals surface area contributed by atoms with Gasteiger partial charge >= 0.3 is 0 Å². The number of methoxy groups -OCH3 is 1. The maximum atomic E-state index is 12.3. The van der Waals surface area contributed by atoms with Crippen molar-refractivity contribution < 1.29 is 27.8 Å². The van der Waals surface area contributed by atoms with Crippen LogP contribution in [-0.2, 0) is 10.0 Å². The number of furan rings is 1. The molecule has 130 valence electrons. The molecule has 1 heterocycles. The van der Waals surface area contributed by atoms with Crippen molar-refractivity contribution in [2.75, 3.05) is 11.8 Å². The minimum absolute atomic E-state index is 0.00628. The highest BCUT2D eigenvalue weighted by Crippen LogP contribution is 2.46. The third-order valence-electron chi connectivity index (χ3n) is 3.47. The van der Waals surface area contributed by atoms with Crippen molar-refractivity contribution in [3.63, 3.8) is 0 Å². The molecule has 0 fully saturated rings. The highest BCUT2D eigenvalue weighted by Gasteiger charge is 2.25. The van der Waals surface area contributed by atoms with Crippen molar-refractivity contribution in [2.24, 2.45) is 0 Å². The summed E-state index contributed by atoms with van der Waals surface area (Å²) in [4.78, 5) is -0.00628. The quantitative estimate of drug-likeness (QED) is 0.644. The summed E-state index contributed by atoms with van der Waals surface area (Å²) in [6.45, 7) is 0. The second-order valence-corrected chi connectivity index (χ2v) is 6.79. The first kappa shape index (κ1) is 16.7. The molecular weight excluding hydrogens is 346 g/mol. The molecule has 0 atom stereocenters. The fraction of sp³-hybridized carbons (Fsp3) is 0.0588. The minimum atomic E-state index is -3.97. The monoisotopic (exact) mass is 361 g/mol. The van der Waals surface area contributed by atoms with Crippen LogP contribution in [0.15, 0.2) is 63.9 Å². The number of hydrogen-bond donors (Lipinski definition) is 3. The van der Waals surface area contributed by atoms with Gasteiger partial charge in [0.15, 0.2) is 5.76 Å². The van der Waals surface area contributed by atoms with Crippen LogP contribution in [0.1, 0.15) is 0 Å². The van der Waals surface area contributed by atoms with Crippen LogP contribution in [0.3, 0.4) is 0 Å². The molecule has 1 aromatic heterocycles. The van der Waals surface area contributed by atoms with Gasteiger partial charge in [-0.15, -0.1) is 0 Å². The van der Waals surface area contributed by atoms with E-state index in [9.17, 15) is 18.6 Å². The molecule has 7 nitrogen and oxygen atoms in total. The van der Waals surface area contributed by atoms with E-state index < -0.39 is 27.4 Å². The lowest BCUT2D eigenvalue weighted by molar-refractivity contribution is 0.409. The first-order chi connectivity index (χ1) is 11.9. The fourth-order valence-corrected chi connectivity index (χ4v) is 3.24. The van der Waals surface area contributed by atoms with Crippen LogP contribution in [0.25, 0.3) is 11.3 Å². The van der Waals surface area contributed by atoms with E-state index in [1.807, 2.05) is 0 Å². The Morgan fingerprint density at radius 3 is 2.40 bits per heavy atom. The SMILES string of the molecule is COc1cccc(-c2oc(NS(=O)(=O)c3ccccc3)c(O)c2O)c1. The summed E-state index contributed by atoms with van der Waals surface area (Å²) < 4.78 is 37.2. The van der Waals surface area contributed by atoms with Gasteiger partial charge in [-0.2, -0.15) is 0 Å². The zero-order valence-corrected chi connectivity index (χ0v) is 13.9. The Hall–Kier alpha value is -3.13. The van der Waals surface area contributed by atoms with Gasteiger partial charge < -0.3 is 19.4 Å². The number of sulfonamides is 1. The van der Waals surface area contributed by atoms with E-state index in [0.29, 0.717) is 11.3 Å². The first-order valence-electron chi connectivity index (χ1n) is 7.19. The normalized spacial score (nSPS) is 11.2. The summed E-state index contributed by atoms with van der Waals surface area (Å²) in [7, 11) is -2.49. The summed E-state index contributed by atoms with van der Waals surface area (Å²) in [5.41, 5.74) is 0.414. The highest BCUT2D eigenvalue weighted by atomic mass is 32.2. The summed E-state index contributed by atoms with van der Waals surface area (Å²) in [6.07, 6.45) is 0. The van der Waals surface area contributed by atoms with Gasteiger partial charge in [0, 0.05) is 5.56 Å². The maximum absolute atomic E-state index is 12.3. The lowest BCUT2D eigenvalue weighted by atomic mass is 10.1. The second kappa shape index (κ2) is 6.40. The van der Waals surface area contributed by atoms with Crippen molar-refractivity contribution in [1.29, 1.82) is 0 Å². The number of nitrogens with one attached hydrogen (secondary N) is 1. The Balaban J connectivity index is 1.99. The Labute approximate surface area is 144 Å². The molecule has 25 heavy (non-hydrogen) atoms. The van der Waals surface area contributed by atoms with Gasteiger partial charge in [-0.25, -0.2) is 13.1 Å². The van der Waals surface area contributed by atoms with Crippen LogP contribution in [0.4, 0.5) is 5.88 Å². The zero-order valence-electron chi connectivity index (χ0n) is 13.1. The summed E-state index contributed by atoms with van der Waals surface area (Å²) in [5, 5.41) is 20.1. The Morgan fingerprint density at radius 2 is 1.72 bits per heavy atom. The second-order valence-electron chi connectivity index (χ2n) is 5.11. The number of ether oxygens (including phenoxy) is 1. The average Bonchev–Trinajstić information content (AvgIpc) is 2.90. The van der Waals surface area contributed by atoms with Crippen molar-refractivity contribution in [3.8, 4) is 28.6 Å². The van der Waals surface area contributed by atoms with Gasteiger partial charge in [0.05, 0.1) is 12.0 Å². The number of rotatable bonds is 5. The molecule has 0 spiro atoms. The van der Waals surface area contributed by atoms with E-state index in [1.165, 1.54) is 19.2 Å². The number of aromatic hydroxyl groups is 2. The van der Waals surface area contributed by atoms with Crippen molar-refractivity contribution >= 4 is 15.9 Å². The van der Waals surface area contributed by atoms with Gasteiger partial charge in [-0.1, -0.05) is 30.3 Å². The van der Waals surface area contributed by atoms with Crippen LogP contribution in [0.2, 0.25) is 0 Å². The van der Waals surface area contributed by atoms with Crippen molar-refractivity contribution in [3.05, 3.63) is 54.6 Å². The molecule has 3 N–H and O–H groups in total. The smallest absolute Gasteiger partial charge is 0.264 e. The van der Waals surface area contributed by atoms with E-state index in [-0.39, 0.29) is 10.7 Å². The van der Waals surface area contributed by atoms with Crippen LogP contribution in [-0.4, -0.2) is 25.7 Å². The van der Waals surface area contributed by atoms with E-state index in [4.69, 9.17) is 9.15 Å². The Bertz CT molecular complexity index is 995. The minimum Gasteiger partial charge on any atom is -0.502 e. The molecule has 0 radical (unpaired) electrons. The summed E-state index contributed by atoms with van der Waals surface area (Å²) in [5.74, 6) is -1.31. The molecule has 3 aromatic rings. The fourth-order valence-electron chi connectivity index (χ4n) is 2.22. The molecule has 0 saturated carbocycles. The van der Waals surface area contributed by atoms with Crippen LogP contribution in [0, 0.1) is 0 Å². The molecule has 0 aliphatic rings. The van der Waals surface area contributed by atoms with Gasteiger partial charge in [0.1, 0.15) is 5.75 Å². The van der Waals surface area contributed by atoms with Gasteiger partial charge in [0.25, 0.3) is 15.9 Å². The Kier molecular flexibility index (Phi) is 4.28. The summed E-state index contributed by atoms with van der Waals surface area (Å²) >= 11 is 0. The third-order valence-corrected chi connectivity index (χ3v) is 4.82. The number of hydrogen-bond acceptors (Lipinski definition) is 6. The molecule has 8 heteroatoms. The average molecular weight is 361 g/mol. The predicted octanol–water partition coefficient (Wildman–Crippen LogP) is 3.17. The van der Waals surface area contributed by atoms with Gasteiger partial charge in [0.2, 0.25) is 11.5 Å². The lowest BCUT2D eigenvalue weighted by Gasteiger charge is -2.05. The molecule has 0 amide bonds. The first-order valence-corrected chi connectivity index (χ1v) is 8.67. The van der Waals surface area contributed by atoms with Crippen molar-refractivity contribution in [1.82, 2.24) is 0 Å². The molecular formula is C17H15NO6S. The molecule has 0 aliphatic carbocycles. The molecule has 0 saturated heterocycles. The van der Waals surface area contributed by atoms with E-state index in [1.54, 1.807) is 42.5 Å². The number of benzene rings is 2. The van der Waals surface area contributed by atoms with E-state index >= 15 is 0 Å². The zero-order chi connectivity index (χ0) is 18.0.